The molecule has 13 heavy (non-hydrogen) atoms. The second-order valence-electron chi connectivity index (χ2n) is 4.22. The lowest BCUT2D eigenvalue weighted by molar-refractivity contribution is 0.140. The summed E-state index contributed by atoms with van der Waals surface area (Å²) in [6, 6.07) is 0. The normalized spacial score (nSPS) is 25.8. The van der Waals surface area contributed by atoms with Crippen molar-refractivity contribution in [2.45, 2.75) is 12.8 Å². The quantitative estimate of drug-likeness (QED) is 0.585. The van der Waals surface area contributed by atoms with E-state index in [0.29, 0.717) is 0 Å². The van der Waals surface area contributed by atoms with Gasteiger partial charge in [0.15, 0.2) is 0 Å². The molecular weight excluding hydrogens is 160 g/mol. The summed E-state index contributed by atoms with van der Waals surface area (Å²) in [5.41, 5.74) is 0. The van der Waals surface area contributed by atoms with Crippen LogP contribution in [0.5, 0.6) is 0 Å². The van der Waals surface area contributed by atoms with E-state index in [9.17, 15) is 0 Å². The van der Waals surface area contributed by atoms with Gasteiger partial charge in [-0.15, -0.1) is 6.42 Å². The zero-order valence-corrected chi connectivity index (χ0v) is 8.21. The molecular formula is C11H18N2. The van der Waals surface area contributed by atoms with Gasteiger partial charge in [-0.2, -0.15) is 0 Å². The van der Waals surface area contributed by atoms with Crippen LogP contribution in [0.25, 0.3) is 0 Å². The van der Waals surface area contributed by atoms with Crippen LogP contribution in [0.3, 0.4) is 0 Å². The minimum Gasteiger partial charge on any atom is -0.301 e. The van der Waals surface area contributed by atoms with Crippen molar-refractivity contribution in [2.24, 2.45) is 5.92 Å². The summed E-state index contributed by atoms with van der Waals surface area (Å²) >= 11 is 0. The third-order valence-corrected chi connectivity index (χ3v) is 2.99. The van der Waals surface area contributed by atoms with Crippen molar-refractivity contribution in [3.63, 3.8) is 0 Å². The van der Waals surface area contributed by atoms with Gasteiger partial charge < -0.3 is 4.90 Å². The van der Waals surface area contributed by atoms with Crippen molar-refractivity contribution in [2.75, 3.05) is 39.3 Å². The van der Waals surface area contributed by atoms with Gasteiger partial charge in [-0.3, -0.25) is 4.90 Å². The van der Waals surface area contributed by atoms with Crippen LogP contribution in [0.15, 0.2) is 0 Å². The maximum Gasteiger partial charge on any atom is 0.0599 e. The van der Waals surface area contributed by atoms with Gasteiger partial charge in [0.2, 0.25) is 0 Å². The molecule has 0 aromatic carbocycles. The summed E-state index contributed by atoms with van der Waals surface area (Å²) in [7, 11) is 0. The molecule has 2 rings (SSSR count). The Balaban J connectivity index is 1.66. The number of nitrogens with zero attached hydrogens (tertiary/aromatic N) is 2. The van der Waals surface area contributed by atoms with Crippen molar-refractivity contribution < 1.29 is 0 Å². The first-order valence-electron chi connectivity index (χ1n) is 5.26. The Kier molecular flexibility index (Phi) is 2.87. The second-order valence-corrected chi connectivity index (χ2v) is 4.22. The second kappa shape index (κ2) is 4.13. The van der Waals surface area contributed by atoms with Gasteiger partial charge in [0.25, 0.3) is 0 Å². The Labute approximate surface area is 80.9 Å². The molecule has 1 heterocycles. The van der Waals surface area contributed by atoms with Crippen molar-refractivity contribution in [1.82, 2.24) is 9.80 Å². The summed E-state index contributed by atoms with van der Waals surface area (Å²) in [6.45, 7) is 6.94. The van der Waals surface area contributed by atoms with Crippen LogP contribution < -0.4 is 0 Å². The first kappa shape index (κ1) is 9.05. The van der Waals surface area contributed by atoms with Crippen LogP contribution in [-0.4, -0.2) is 49.1 Å². The van der Waals surface area contributed by atoms with Crippen molar-refractivity contribution in [1.29, 1.82) is 0 Å². The van der Waals surface area contributed by atoms with Gasteiger partial charge in [0, 0.05) is 32.7 Å². The molecule has 2 nitrogen and oxygen atoms in total. The van der Waals surface area contributed by atoms with E-state index in [2.05, 4.69) is 15.7 Å². The molecule has 1 saturated heterocycles. The molecule has 0 bridgehead atoms. The van der Waals surface area contributed by atoms with Crippen LogP contribution >= 0.6 is 0 Å². The van der Waals surface area contributed by atoms with Gasteiger partial charge in [0.1, 0.15) is 0 Å². The Bertz CT molecular complexity index is 195. The monoisotopic (exact) mass is 178 g/mol. The van der Waals surface area contributed by atoms with Crippen molar-refractivity contribution >= 4 is 0 Å². The van der Waals surface area contributed by atoms with Crippen molar-refractivity contribution in [3.8, 4) is 12.3 Å². The van der Waals surface area contributed by atoms with Gasteiger partial charge in [-0.1, -0.05) is 5.92 Å². The highest BCUT2D eigenvalue weighted by molar-refractivity contribution is 4.90. The predicted octanol–water partition coefficient (Wildman–Crippen LogP) is 0.647. The predicted molar refractivity (Wildman–Crippen MR) is 54.4 cm³/mol. The first-order valence-corrected chi connectivity index (χ1v) is 5.26. The highest BCUT2D eigenvalue weighted by Gasteiger charge is 2.25. The van der Waals surface area contributed by atoms with E-state index >= 15 is 0 Å². The molecule has 0 atom stereocenters. The van der Waals surface area contributed by atoms with Gasteiger partial charge >= 0.3 is 0 Å². The molecule has 0 unspecified atom stereocenters. The Morgan fingerprint density at radius 2 is 1.69 bits per heavy atom. The smallest absolute Gasteiger partial charge is 0.0599 e. The summed E-state index contributed by atoms with van der Waals surface area (Å²) in [5.74, 6) is 3.74. The van der Waals surface area contributed by atoms with E-state index in [1.54, 1.807) is 0 Å². The fraction of sp³-hybridized carbons (Fsp3) is 0.818. The third-order valence-electron chi connectivity index (χ3n) is 2.99. The minimum atomic E-state index is 0.831. The highest BCUT2D eigenvalue weighted by Crippen LogP contribution is 2.29. The number of terminal acetylenes is 1. The Hall–Kier alpha value is -0.520. The Morgan fingerprint density at radius 3 is 2.23 bits per heavy atom. The molecule has 72 valence electrons. The fourth-order valence-corrected chi connectivity index (χ4v) is 1.92. The standard InChI is InChI=1S/C11H18N2/c1-2-5-12-6-8-13(9-7-12)10-11-3-4-11/h1,11H,3-10H2. The lowest BCUT2D eigenvalue weighted by Crippen LogP contribution is -2.46. The van der Waals surface area contributed by atoms with E-state index in [-0.39, 0.29) is 0 Å². The molecule has 0 N–H and O–H groups in total. The third kappa shape index (κ3) is 2.72. The average molecular weight is 178 g/mol. The zero-order valence-electron chi connectivity index (χ0n) is 8.21. The minimum absolute atomic E-state index is 0.831. The molecule has 0 amide bonds. The molecule has 1 saturated carbocycles. The zero-order chi connectivity index (χ0) is 9.10. The highest BCUT2D eigenvalue weighted by atomic mass is 15.3. The molecule has 2 heteroatoms. The van der Waals surface area contributed by atoms with Crippen LogP contribution in [0.4, 0.5) is 0 Å². The van der Waals surface area contributed by atoms with E-state index in [4.69, 9.17) is 6.42 Å². The van der Waals surface area contributed by atoms with Crippen molar-refractivity contribution in [3.05, 3.63) is 0 Å². The topological polar surface area (TPSA) is 6.48 Å². The summed E-state index contributed by atoms with van der Waals surface area (Å²) < 4.78 is 0. The molecule has 1 aliphatic carbocycles. The maximum atomic E-state index is 5.28. The molecule has 1 aliphatic heterocycles. The van der Waals surface area contributed by atoms with E-state index in [1.165, 1.54) is 32.5 Å². The lowest BCUT2D eigenvalue weighted by atomic mass is 10.3. The Morgan fingerprint density at radius 1 is 1.08 bits per heavy atom. The van der Waals surface area contributed by atoms with Crippen LogP contribution in [0.2, 0.25) is 0 Å². The first-order chi connectivity index (χ1) is 6.38. The summed E-state index contributed by atoms with van der Waals surface area (Å²) in [6.07, 6.45) is 8.21. The van der Waals surface area contributed by atoms with E-state index < -0.39 is 0 Å². The van der Waals surface area contributed by atoms with E-state index in [1.807, 2.05) is 0 Å². The largest absolute Gasteiger partial charge is 0.301 e. The summed E-state index contributed by atoms with van der Waals surface area (Å²) in [4.78, 5) is 4.95. The fourth-order valence-electron chi connectivity index (χ4n) is 1.92. The molecule has 2 fully saturated rings. The maximum absolute atomic E-state index is 5.28. The van der Waals surface area contributed by atoms with Gasteiger partial charge in [-0.25, -0.2) is 0 Å². The lowest BCUT2D eigenvalue weighted by Gasteiger charge is -2.33. The number of hydrogen-bond donors (Lipinski definition) is 0. The number of rotatable bonds is 3. The van der Waals surface area contributed by atoms with Gasteiger partial charge in [0.05, 0.1) is 6.54 Å². The van der Waals surface area contributed by atoms with E-state index in [0.717, 1.165) is 25.6 Å². The number of piperazine rings is 1. The average Bonchev–Trinajstić information content (AvgIpc) is 2.93. The van der Waals surface area contributed by atoms with Crippen LogP contribution in [-0.2, 0) is 0 Å². The van der Waals surface area contributed by atoms with Gasteiger partial charge in [-0.05, 0) is 18.8 Å². The van der Waals surface area contributed by atoms with Crippen LogP contribution in [0, 0.1) is 18.3 Å². The molecule has 0 radical (unpaired) electrons. The molecule has 2 aliphatic rings. The SMILES string of the molecule is C#CCN1CCN(CC2CC2)CC1. The summed E-state index contributed by atoms with van der Waals surface area (Å²) in [5, 5.41) is 0. The van der Waals surface area contributed by atoms with Crippen LogP contribution in [0.1, 0.15) is 12.8 Å². The molecule has 0 aromatic heterocycles. The number of hydrogen-bond acceptors (Lipinski definition) is 2. The molecule has 0 spiro atoms. The molecule has 0 aromatic rings.